The van der Waals surface area contributed by atoms with Crippen molar-refractivity contribution < 1.29 is 14.4 Å². The molecule has 3 rings (SSSR count). The van der Waals surface area contributed by atoms with Crippen LogP contribution in [0.1, 0.15) is 31.7 Å². The first-order valence-electron chi connectivity index (χ1n) is 10.6. The van der Waals surface area contributed by atoms with Gasteiger partial charge >= 0.3 is 0 Å². The molecule has 1 aromatic heterocycles. The lowest BCUT2D eigenvalue weighted by molar-refractivity contribution is 0.0246. The summed E-state index contributed by atoms with van der Waals surface area (Å²) >= 11 is 0. The monoisotopic (exact) mass is 399 g/mol. The van der Waals surface area contributed by atoms with Gasteiger partial charge in [-0.25, -0.2) is 0 Å². The van der Waals surface area contributed by atoms with Crippen LogP contribution in [0.5, 0.6) is 0 Å². The number of hydrogen-bond acceptors (Lipinski definition) is 6. The minimum absolute atomic E-state index is 0.306. The normalized spacial score (nSPS) is 15.2. The van der Waals surface area contributed by atoms with Gasteiger partial charge in [0.15, 0.2) is 0 Å². The van der Waals surface area contributed by atoms with Crippen molar-refractivity contribution in [2.24, 2.45) is 0 Å². The van der Waals surface area contributed by atoms with Gasteiger partial charge in [-0.2, -0.15) is 0 Å². The topological polar surface area (TPSA) is 62.0 Å². The van der Waals surface area contributed by atoms with Gasteiger partial charge in [0.05, 0.1) is 24.9 Å². The maximum absolute atomic E-state index is 10.4. The van der Waals surface area contributed by atoms with Crippen LogP contribution in [0.4, 0.5) is 5.88 Å². The van der Waals surface area contributed by atoms with E-state index in [1.165, 1.54) is 12.8 Å². The average Bonchev–Trinajstić information content (AvgIpc) is 3.39. The van der Waals surface area contributed by atoms with Gasteiger partial charge in [0.1, 0.15) is 5.69 Å². The Kier molecular flexibility index (Phi) is 8.28. The molecule has 1 atom stereocenters. The van der Waals surface area contributed by atoms with Gasteiger partial charge in [-0.3, -0.25) is 4.90 Å². The Bertz CT molecular complexity index is 741. The van der Waals surface area contributed by atoms with Crippen LogP contribution in [0.3, 0.4) is 0 Å². The van der Waals surface area contributed by atoms with Crippen molar-refractivity contribution in [3.05, 3.63) is 48.6 Å². The molecule has 1 fully saturated rings. The molecule has 0 saturated carbocycles. The lowest BCUT2D eigenvalue weighted by Gasteiger charge is -2.25. The molecule has 2 aromatic rings. The highest BCUT2D eigenvalue weighted by molar-refractivity contribution is 5.68. The molecule has 6 heteroatoms. The summed E-state index contributed by atoms with van der Waals surface area (Å²) in [5.74, 6) is 0.875. The summed E-state index contributed by atoms with van der Waals surface area (Å²) in [6.45, 7) is 10.7. The summed E-state index contributed by atoms with van der Waals surface area (Å²) in [6.07, 6.45) is 4.52. The quantitative estimate of drug-likeness (QED) is 0.434. The molecule has 29 heavy (non-hydrogen) atoms. The zero-order chi connectivity index (χ0) is 20.5. The zero-order valence-electron chi connectivity index (χ0n) is 17.4. The third-order valence-electron chi connectivity index (χ3n) is 5.14. The molecule has 0 radical (unpaired) electrons. The molecule has 1 aromatic carbocycles. The van der Waals surface area contributed by atoms with E-state index in [4.69, 9.17) is 9.26 Å². The minimum Gasteiger partial charge on any atom is -0.389 e. The van der Waals surface area contributed by atoms with Crippen LogP contribution in [0, 0.1) is 0 Å². The fourth-order valence-electron chi connectivity index (χ4n) is 3.85. The standard InChI is InChI=1S/C23H33N3O3/c1-3-12-25(16-20(27)18-28-15-4-2)17-21-22(19-10-6-5-7-11-19)24-29-23(21)26-13-8-9-14-26/h4-7,10-11,20,27H,2-3,8-9,12-18H2,1H3/t20-/m1/s1. The van der Waals surface area contributed by atoms with Gasteiger partial charge in [-0.15, -0.1) is 6.58 Å². The number of ether oxygens (including phenoxy) is 1. The molecule has 0 amide bonds. The predicted molar refractivity (Wildman–Crippen MR) is 116 cm³/mol. The number of aliphatic hydroxyl groups is 1. The molecule has 0 bridgehead atoms. The molecule has 1 aliphatic heterocycles. The van der Waals surface area contributed by atoms with Gasteiger partial charge in [-0.05, 0) is 25.8 Å². The number of anilines is 1. The summed E-state index contributed by atoms with van der Waals surface area (Å²) < 4.78 is 11.3. The second kappa shape index (κ2) is 11.1. The predicted octanol–water partition coefficient (Wildman–Crippen LogP) is 3.72. The highest BCUT2D eigenvalue weighted by atomic mass is 16.5. The molecular weight excluding hydrogens is 366 g/mol. The maximum Gasteiger partial charge on any atom is 0.232 e. The number of rotatable bonds is 12. The second-order valence-corrected chi connectivity index (χ2v) is 7.59. The minimum atomic E-state index is -0.545. The van der Waals surface area contributed by atoms with Gasteiger partial charge in [-0.1, -0.05) is 48.5 Å². The SMILES string of the molecule is C=CCOC[C@H](O)CN(CCC)Cc1c(-c2ccccc2)noc1N1CCCC1. The maximum atomic E-state index is 10.4. The Morgan fingerprint density at radius 1 is 1.31 bits per heavy atom. The molecule has 0 spiro atoms. The fourth-order valence-corrected chi connectivity index (χ4v) is 3.85. The fraction of sp³-hybridized carbons (Fsp3) is 0.522. The Hall–Kier alpha value is -2.15. The van der Waals surface area contributed by atoms with Crippen LogP contribution in [0.2, 0.25) is 0 Å². The van der Waals surface area contributed by atoms with Crippen LogP contribution >= 0.6 is 0 Å². The van der Waals surface area contributed by atoms with E-state index in [-0.39, 0.29) is 0 Å². The highest BCUT2D eigenvalue weighted by Crippen LogP contribution is 2.34. The Labute approximate surface area is 173 Å². The third kappa shape index (κ3) is 5.92. The molecule has 0 aliphatic carbocycles. The molecule has 158 valence electrons. The molecule has 2 heterocycles. The van der Waals surface area contributed by atoms with E-state index in [2.05, 4.69) is 40.6 Å². The summed E-state index contributed by atoms with van der Waals surface area (Å²) in [5, 5.41) is 14.9. The van der Waals surface area contributed by atoms with Crippen molar-refractivity contribution >= 4 is 5.88 Å². The van der Waals surface area contributed by atoms with E-state index in [0.717, 1.165) is 48.8 Å². The van der Waals surface area contributed by atoms with Crippen molar-refractivity contribution in [2.45, 2.75) is 38.8 Å². The van der Waals surface area contributed by atoms with Crippen LogP contribution in [-0.2, 0) is 11.3 Å². The molecule has 1 aliphatic rings. The summed E-state index contributed by atoms with van der Waals surface area (Å²) in [7, 11) is 0. The van der Waals surface area contributed by atoms with E-state index in [1.54, 1.807) is 6.08 Å². The first-order chi connectivity index (χ1) is 14.2. The van der Waals surface area contributed by atoms with Crippen molar-refractivity contribution in [3.63, 3.8) is 0 Å². The van der Waals surface area contributed by atoms with E-state index < -0.39 is 6.10 Å². The van der Waals surface area contributed by atoms with Crippen LogP contribution in [0.25, 0.3) is 11.3 Å². The van der Waals surface area contributed by atoms with Crippen molar-refractivity contribution in [2.75, 3.05) is 44.3 Å². The van der Waals surface area contributed by atoms with E-state index in [0.29, 0.717) is 26.3 Å². The number of aromatic nitrogens is 1. The number of nitrogens with zero attached hydrogens (tertiary/aromatic N) is 3. The van der Waals surface area contributed by atoms with Gasteiger partial charge in [0.2, 0.25) is 5.88 Å². The van der Waals surface area contributed by atoms with Gasteiger partial charge in [0, 0.05) is 31.7 Å². The summed E-state index contributed by atoms with van der Waals surface area (Å²) in [4.78, 5) is 4.56. The lowest BCUT2D eigenvalue weighted by atomic mass is 10.1. The zero-order valence-corrected chi connectivity index (χ0v) is 17.4. The van der Waals surface area contributed by atoms with Crippen LogP contribution in [0.15, 0.2) is 47.5 Å². The Morgan fingerprint density at radius 3 is 2.76 bits per heavy atom. The Morgan fingerprint density at radius 2 is 2.07 bits per heavy atom. The average molecular weight is 400 g/mol. The summed E-state index contributed by atoms with van der Waals surface area (Å²) in [6, 6.07) is 10.2. The first kappa shape index (κ1) is 21.6. The summed E-state index contributed by atoms with van der Waals surface area (Å²) in [5.41, 5.74) is 3.06. The largest absolute Gasteiger partial charge is 0.389 e. The lowest BCUT2D eigenvalue weighted by Crippen LogP contribution is -2.35. The molecule has 6 nitrogen and oxygen atoms in total. The molecule has 1 saturated heterocycles. The number of hydrogen-bond donors (Lipinski definition) is 1. The smallest absolute Gasteiger partial charge is 0.232 e. The molecular formula is C23H33N3O3. The first-order valence-corrected chi connectivity index (χ1v) is 10.6. The van der Waals surface area contributed by atoms with Crippen molar-refractivity contribution in [1.82, 2.24) is 10.1 Å². The molecule has 0 unspecified atom stereocenters. The number of benzene rings is 1. The second-order valence-electron chi connectivity index (χ2n) is 7.59. The van der Waals surface area contributed by atoms with Crippen LogP contribution < -0.4 is 4.90 Å². The molecule has 1 N–H and O–H groups in total. The van der Waals surface area contributed by atoms with Gasteiger partial charge < -0.3 is 19.3 Å². The third-order valence-corrected chi connectivity index (χ3v) is 5.14. The van der Waals surface area contributed by atoms with Gasteiger partial charge in [0.25, 0.3) is 0 Å². The van der Waals surface area contributed by atoms with E-state index >= 15 is 0 Å². The Balaban J connectivity index is 1.81. The van der Waals surface area contributed by atoms with E-state index in [9.17, 15) is 5.11 Å². The number of aliphatic hydroxyl groups excluding tert-OH is 1. The van der Waals surface area contributed by atoms with Crippen LogP contribution in [-0.4, -0.2) is 60.7 Å². The highest BCUT2D eigenvalue weighted by Gasteiger charge is 2.26. The van der Waals surface area contributed by atoms with E-state index in [1.807, 2.05) is 18.2 Å². The van der Waals surface area contributed by atoms with Crippen molar-refractivity contribution in [3.8, 4) is 11.3 Å². The van der Waals surface area contributed by atoms with Crippen molar-refractivity contribution in [1.29, 1.82) is 0 Å².